The van der Waals surface area contributed by atoms with Gasteiger partial charge in [0.15, 0.2) is 0 Å². The zero-order valence-corrected chi connectivity index (χ0v) is 27.2. The van der Waals surface area contributed by atoms with Gasteiger partial charge in [-0.3, -0.25) is 4.90 Å². The number of nitrogens with zero attached hydrogens (tertiary/aromatic N) is 5. The molecule has 0 radical (unpaired) electrons. The summed E-state index contributed by atoms with van der Waals surface area (Å²) in [4.78, 5) is 21.8. The van der Waals surface area contributed by atoms with Crippen molar-refractivity contribution < 1.29 is 36.9 Å². The van der Waals surface area contributed by atoms with E-state index in [2.05, 4.69) is 15.0 Å². The molecule has 1 amide bonds. The Kier molecular flexibility index (Phi) is 12.5. The second-order valence-electron chi connectivity index (χ2n) is 11.6. The summed E-state index contributed by atoms with van der Waals surface area (Å²) in [7, 11) is 0. The lowest BCUT2D eigenvalue weighted by molar-refractivity contribution is -0.234. The van der Waals surface area contributed by atoms with Crippen LogP contribution in [0.15, 0.2) is 131 Å². The van der Waals surface area contributed by atoms with Crippen molar-refractivity contribution in [2.75, 3.05) is 0 Å². The first-order valence-electron chi connectivity index (χ1n) is 16.0. The van der Waals surface area contributed by atoms with Gasteiger partial charge in [0.1, 0.15) is 18.8 Å². The van der Waals surface area contributed by atoms with E-state index in [1.165, 1.54) is 29.2 Å². The first kappa shape index (κ1) is 35.9. The minimum absolute atomic E-state index is 0.000144. The van der Waals surface area contributed by atoms with Gasteiger partial charge in [-0.15, -0.1) is 0 Å². The monoisotopic (exact) mass is 687 g/mol. The van der Waals surface area contributed by atoms with E-state index in [1.807, 2.05) is 91.0 Å². The van der Waals surface area contributed by atoms with Crippen LogP contribution in [0.3, 0.4) is 0 Å². The molecule has 50 heavy (non-hydrogen) atoms. The second-order valence-corrected chi connectivity index (χ2v) is 11.6. The number of azide groups is 1. The van der Waals surface area contributed by atoms with Crippen LogP contribution in [0, 0.1) is 0 Å². The smallest absolute Gasteiger partial charge is 0.445 e. The first-order valence-corrected chi connectivity index (χ1v) is 16.0. The minimum Gasteiger partial charge on any atom is -0.445 e. The van der Waals surface area contributed by atoms with E-state index in [0.717, 1.165) is 16.7 Å². The Labute approximate surface area is 287 Å². The van der Waals surface area contributed by atoms with Gasteiger partial charge in [-0.25, -0.2) is 9.79 Å². The Bertz CT molecular complexity index is 1730. The Balaban J connectivity index is 1.48. The standard InChI is InChI=1S/C37H36F3N5O5/c1-26(45(23-27-14-6-2-7-15-27)36(46)48-25-29-18-10-4-11-19-29)33-32(47-24-28-16-8-3-9-17-28)22-31(43-44-41)34(49-33)50-35(37(38,39)40)42-30-20-12-5-13-21-30/h2-21,26,31-34H,22-25H2,1H3/b42-35+/t26-,31+,32-,33+,34?/m0/s1. The quantitative estimate of drug-likeness (QED) is 0.0485. The summed E-state index contributed by atoms with van der Waals surface area (Å²) in [6, 6.07) is 33.0. The predicted molar refractivity (Wildman–Crippen MR) is 180 cm³/mol. The highest BCUT2D eigenvalue weighted by atomic mass is 19.4. The molecule has 5 atom stereocenters. The van der Waals surface area contributed by atoms with Gasteiger partial charge in [0.25, 0.3) is 5.90 Å². The molecule has 13 heteroatoms. The molecule has 4 aromatic carbocycles. The maximum absolute atomic E-state index is 14.3. The van der Waals surface area contributed by atoms with Crippen molar-refractivity contribution in [3.63, 3.8) is 0 Å². The van der Waals surface area contributed by atoms with Crippen LogP contribution in [0.1, 0.15) is 30.0 Å². The van der Waals surface area contributed by atoms with Crippen LogP contribution in [0.4, 0.5) is 23.7 Å². The first-order chi connectivity index (χ1) is 24.2. The van der Waals surface area contributed by atoms with E-state index in [9.17, 15) is 23.5 Å². The van der Waals surface area contributed by atoms with Crippen LogP contribution >= 0.6 is 0 Å². The highest BCUT2D eigenvalue weighted by Crippen LogP contribution is 2.33. The van der Waals surface area contributed by atoms with Crippen LogP contribution in [-0.2, 0) is 38.7 Å². The molecule has 260 valence electrons. The van der Waals surface area contributed by atoms with E-state index in [4.69, 9.17) is 18.9 Å². The number of aliphatic imine (C=N–C) groups is 1. The van der Waals surface area contributed by atoms with Gasteiger partial charge >= 0.3 is 12.3 Å². The Morgan fingerprint density at radius 1 is 0.880 bits per heavy atom. The van der Waals surface area contributed by atoms with E-state index >= 15 is 0 Å². The molecule has 1 unspecified atom stereocenters. The lowest BCUT2D eigenvalue weighted by Gasteiger charge is -2.44. The Hall–Kier alpha value is -5.36. The van der Waals surface area contributed by atoms with Crippen LogP contribution in [0.5, 0.6) is 0 Å². The van der Waals surface area contributed by atoms with Crippen LogP contribution < -0.4 is 0 Å². The summed E-state index contributed by atoms with van der Waals surface area (Å²) in [6.45, 7) is 1.90. The minimum atomic E-state index is -5.01. The zero-order chi connectivity index (χ0) is 35.3. The molecule has 1 aliphatic rings. The molecular formula is C37H36F3N5O5. The summed E-state index contributed by atoms with van der Waals surface area (Å²) in [5, 5.41) is 3.74. The molecule has 0 aliphatic carbocycles. The molecule has 1 fully saturated rings. The van der Waals surface area contributed by atoms with E-state index in [-0.39, 0.29) is 31.9 Å². The van der Waals surface area contributed by atoms with Gasteiger partial charge in [-0.1, -0.05) is 114 Å². The molecule has 0 spiro atoms. The number of amides is 1. The fourth-order valence-corrected chi connectivity index (χ4v) is 5.48. The number of carbonyl (C=O) groups excluding carboxylic acids is 1. The number of para-hydroxylation sites is 1. The van der Waals surface area contributed by atoms with Gasteiger partial charge in [0, 0.05) is 11.5 Å². The summed E-state index contributed by atoms with van der Waals surface area (Å²) >= 11 is 0. The molecule has 1 heterocycles. The van der Waals surface area contributed by atoms with Crippen molar-refractivity contribution in [1.29, 1.82) is 0 Å². The number of hydrogen-bond donors (Lipinski definition) is 0. The van der Waals surface area contributed by atoms with Gasteiger partial charge in [-0.05, 0) is 47.7 Å². The molecule has 1 aliphatic heterocycles. The fraction of sp³-hybridized carbons (Fsp3) is 0.297. The third-order valence-corrected chi connectivity index (χ3v) is 8.01. The number of halogens is 3. The largest absolute Gasteiger partial charge is 0.468 e. The van der Waals surface area contributed by atoms with Crippen LogP contribution in [0.2, 0.25) is 0 Å². The number of benzene rings is 4. The number of alkyl halides is 3. The van der Waals surface area contributed by atoms with Gasteiger partial charge in [-0.2, -0.15) is 13.2 Å². The third kappa shape index (κ3) is 10.1. The van der Waals surface area contributed by atoms with Crippen molar-refractivity contribution in [3.8, 4) is 0 Å². The summed E-state index contributed by atoms with van der Waals surface area (Å²) in [5.41, 5.74) is 11.8. The van der Waals surface area contributed by atoms with Gasteiger partial charge < -0.3 is 18.9 Å². The van der Waals surface area contributed by atoms with E-state index < -0.39 is 48.7 Å². The normalized spacial score (nSPS) is 19.9. The molecule has 10 nitrogen and oxygen atoms in total. The predicted octanol–water partition coefficient (Wildman–Crippen LogP) is 8.90. The topological polar surface area (TPSA) is 118 Å². The molecule has 5 rings (SSSR count). The zero-order valence-electron chi connectivity index (χ0n) is 27.2. The average molecular weight is 688 g/mol. The van der Waals surface area contributed by atoms with Gasteiger partial charge in [0.05, 0.1) is 24.4 Å². The average Bonchev–Trinajstić information content (AvgIpc) is 3.13. The molecule has 1 saturated heterocycles. The van der Waals surface area contributed by atoms with Crippen LogP contribution in [0.25, 0.3) is 10.4 Å². The number of ether oxygens (including phenoxy) is 4. The lowest BCUT2D eigenvalue weighted by Crippen LogP contribution is -2.58. The molecule has 0 aromatic heterocycles. The number of rotatable bonds is 12. The molecule has 4 aromatic rings. The van der Waals surface area contributed by atoms with Crippen molar-refractivity contribution in [2.24, 2.45) is 10.1 Å². The summed E-state index contributed by atoms with van der Waals surface area (Å²) < 4.78 is 66.7. The van der Waals surface area contributed by atoms with Crippen LogP contribution in [-0.4, -0.2) is 53.6 Å². The highest BCUT2D eigenvalue weighted by Gasteiger charge is 2.48. The SMILES string of the molecule is C[C@@H]([C@H]1OC(O/C(=N/c2ccccc2)C(F)(F)F)[C@H](N=[N+]=[N-])C[C@@H]1OCc1ccccc1)N(Cc1ccccc1)C(=O)OCc1ccccc1. The van der Waals surface area contributed by atoms with Crippen molar-refractivity contribution in [2.45, 2.75) is 69.9 Å². The highest BCUT2D eigenvalue weighted by molar-refractivity contribution is 5.84. The molecule has 0 N–H and O–H groups in total. The van der Waals surface area contributed by atoms with E-state index in [0.29, 0.717) is 0 Å². The number of hydrogen-bond acceptors (Lipinski definition) is 7. The van der Waals surface area contributed by atoms with Crippen molar-refractivity contribution in [1.82, 2.24) is 4.90 Å². The maximum Gasteiger partial charge on any atom is 0.468 e. The number of carbonyl (C=O) groups is 1. The summed E-state index contributed by atoms with van der Waals surface area (Å²) in [5.74, 6) is -1.58. The summed E-state index contributed by atoms with van der Waals surface area (Å²) in [6.07, 6.45) is -9.40. The maximum atomic E-state index is 14.3. The van der Waals surface area contributed by atoms with E-state index in [1.54, 1.807) is 13.0 Å². The van der Waals surface area contributed by atoms with Crippen molar-refractivity contribution in [3.05, 3.63) is 148 Å². The molecule has 0 bridgehead atoms. The fourth-order valence-electron chi connectivity index (χ4n) is 5.48. The van der Waals surface area contributed by atoms with Gasteiger partial charge in [0.2, 0.25) is 6.29 Å². The Morgan fingerprint density at radius 2 is 1.42 bits per heavy atom. The molecular weight excluding hydrogens is 651 g/mol. The Morgan fingerprint density at radius 3 is 1.98 bits per heavy atom. The lowest BCUT2D eigenvalue weighted by atomic mass is 9.95. The second kappa shape index (κ2) is 17.3. The third-order valence-electron chi connectivity index (χ3n) is 8.01. The van der Waals surface area contributed by atoms with Crippen molar-refractivity contribution >= 4 is 17.7 Å². The molecule has 0 saturated carbocycles.